The Bertz CT molecular complexity index is 462. The van der Waals surface area contributed by atoms with Crippen molar-refractivity contribution in [2.45, 2.75) is 38.5 Å². The molecule has 0 aliphatic heterocycles. The summed E-state index contributed by atoms with van der Waals surface area (Å²) in [6.07, 6.45) is 4.53. The van der Waals surface area contributed by atoms with Gasteiger partial charge in [0.1, 0.15) is 0 Å². The van der Waals surface area contributed by atoms with Crippen LogP contribution < -0.4 is 5.56 Å². The Morgan fingerprint density at radius 3 is 2.88 bits per heavy atom. The highest BCUT2D eigenvalue weighted by atomic mass is 16.4. The lowest BCUT2D eigenvalue weighted by Crippen LogP contribution is -2.19. The number of H-pyrrole nitrogens is 1. The molecule has 1 aliphatic rings. The second kappa shape index (κ2) is 4.51. The first kappa shape index (κ1) is 10.9. The number of hydrogen-bond acceptors (Lipinski definition) is 2. The summed E-state index contributed by atoms with van der Waals surface area (Å²) in [5.74, 6) is -0.864. The number of fused-ring (bicyclic) bond motifs is 1. The highest BCUT2D eigenvalue weighted by Crippen LogP contribution is 2.18. The zero-order chi connectivity index (χ0) is 11.5. The predicted octanol–water partition coefficient (Wildman–Crippen LogP) is 1.27. The molecular weight excluding hydrogens is 206 g/mol. The molecule has 0 bridgehead atoms. The van der Waals surface area contributed by atoms with Crippen LogP contribution in [0.25, 0.3) is 0 Å². The van der Waals surface area contributed by atoms with Crippen LogP contribution in [0.15, 0.2) is 10.9 Å². The first-order valence-electron chi connectivity index (χ1n) is 5.62. The van der Waals surface area contributed by atoms with Crippen molar-refractivity contribution in [3.63, 3.8) is 0 Å². The van der Waals surface area contributed by atoms with Crippen molar-refractivity contribution < 1.29 is 9.90 Å². The van der Waals surface area contributed by atoms with Gasteiger partial charge in [-0.05, 0) is 43.7 Å². The van der Waals surface area contributed by atoms with Gasteiger partial charge < -0.3 is 10.1 Å². The fourth-order valence-electron chi connectivity index (χ4n) is 2.15. The quantitative estimate of drug-likeness (QED) is 0.807. The van der Waals surface area contributed by atoms with E-state index in [9.17, 15) is 9.59 Å². The maximum atomic E-state index is 11.7. The Labute approximate surface area is 93.3 Å². The van der Waals surface area contributed by atoms with Gasteiger partial charge in [0.05, 0.1) is 0 Å². The number of pyridine rings is 1. The van der Waals surface area contributed by atoms with Gasteiger partial charge in [-0.2, -0.15) is 0 Å². The number of rotatable bonds is 3. The van der Waals surface area contributed by atoms with E-state index in [1.54, 1.807) is 0 Å². The normalized spacial score (nSPS) is 14.5. The molecule has 1 aromatic heterocycles. The molecule has 0 spiro atoms. The smallest absolute Gasteiger partial charge is 0.303 e. The largest absolute Gasteiger partial charge is 0.481 e. The lowest BCUT2D eigenvalue weighted by molar-refractivity contribution is -0.136. The third-order valence-corrected chi connectivity index (χ3v) is 3.02. The first-order valence-corrected chi connectivity index (χ1v) is 5.62. The molecular formula is C12H15NO3. The summed E-state index contributed by atoms with van der Waals surface area (Å²) >= 11 is 0. The molecule has 0 unspecified atom stereocenters. The van der Waals surface area contributed by atoms with E-state index in [0.29, 0.717) is 12.0 Å². The van der Waals surface area contributed by atoms with E-state index in [1.807, 2.05) is 6.07 Å². The van der Waals surface area contributed by atoms with Crippen LogP contribution >= 0.6 is 0 Å². The maximum Gasteiger partial charge on any atom is 0.303 e. The third-order valence-electron chi connectivity index (χ3n) is 3.02. The highest BCUT2D eigenvalue weighted by molar-refractivity contribution is 5.67. The van der Waals surface area contributed by atoms with Crippen LogP contribution in [0.1, 0.15) is 36.1 Å². The molecule has 4 nitrogen and oxygen atoms in total. The first-order chi connectivity index (χ1) is 7.66. The number of hydrogen-bond donors (Lipinski definition) is 2. The average Bonchev–Trinajstić information content (AvgIpc) is 2.26. The summed E-state index contributed by atoms with van der Waals surface area (Å²) in [5.41, 5.74) is 2.70. The molecule has 0 saturated heterocycles. The summed E-state index contributed by atoms with van der Waals surface area (Å²) < 4.78 is 0. The van der Waals surface area contributed by atoms with Gasteiger partial charge in [0, 0.05) is 17.7 Å². The molecule has 2 rings (SSSR count). The molecule has 0 fully saturated rings. The molecule has 4 heteroatoms. The molecule has 86 valence electrons. The number of carboxylic acid groups (broad SMARTS) is 1. The number of carbonyl (C=O) groups is 1. The van der Waals surface area contributed by atoms with Crippen LogP contribution in [-0.4, -0.2) is 16.1 Å². The molecule has 16 heavy (non-hydrogen) atoms. The lowest BCUT2D eigenvalue weighted by Gasteiger charge is -2.15. The number of aromatic nitrogens is 1. The second-order valence-electron chi connectivity index (χ2n) is 4.23. The van der Waals surface area contributed by atoms with Crippen LogP contribution in [0.4, 0.5) is 0 Å². The fourth-order valence-corrected chi connectivity index (χ4v) is 2.15. The fraction of sp³-hybridized carbons (Fsp3) is 0.500. The van der Waals surface area contributed by atoms with Gasteiger partial charge in [0.25, 0.3) is 5.56 Å². The van der Waals surface area contributed by atoms with E-state index < -0.39 is 5.97 Å². The van der Waals surface area contributed by atoms with Crippen LogP contribution in [0.5, 0.6) is 0 Å². The van der Waals surface area contributed by atoms with Gasteiger partial charge in [-0.1, -0.05) is 0 Å². The van der Waals surface area contributed by atoms with Crippen LogP contribution in [0.2, 0.25) is 0 Å². The second-order valence-corrected chi connectivity index (χ2v) is 4.23. The van der Waals surface area contributed by atoms with Crippen LogP contribution in [-0.2, 0) is 24.1 Å². The molecule has 0 saturated carbocycles. The van der Waals surface area contributed by atoms with Crippen molar-refractivity contribution in [3.8, 4) is 0 Å². The summed E-state index contributed by atoms with van der Waals surface area (Å²) in [4.78, 5) is 25.0. The van der Waals surface area contributed by atoms with Crippen molar-refractivity contribution in [2.24, 2.45) is 0 Å². The zero-order valence-corrected chi connectivity index (χ0v) is 9.08. The monoisotopic (exact) mass is 221 g/mol. The number of aryl methyl sites for hydroxylation is 3. The SMILES string of the molecule is O=C(O)CCc1cc2c([nH]c1=O)CCCC2. The van der Waals surface area contributed by atoms with Crippen LogP contribution in [0, 0.1) is 0 Å². The minimum absolute atomic E-state index is 0.0157. The van der Waals surface area contributed by atoms with Crippen molar-refractivity contribution in [2.75, 3.05) is 0 Å². The summed E-state index contributed by atoms with van der Waals surface area (Å²) in [6.45, 7) is 0. The topological polar surface area (TPSA) is 70.2 Å². The van der Waals surface area contributed by atoms with Gasteiger partial charge >= 0.3 is 5.97 Å². The zero-order valence-electron chi connectivity index (χ0n) is 9.08. The lowest BCUT2D eigenvalue weighted by atomic mass is 9.94. The van der Waals surface area contributed by atoms with Crippen molar-refractivity contribution in [1.82, 2.24) is 4.98 Å². The summed E-state index contributed by atoms with van der Waals surface area (Å²) in [6, 6.07) is 1.89. The van der Waals surface area contributed by atoms with E-state index in [2.05, 4.69) is 4.98 Å². The third kappa shape index (κ3) is 2.32. The molecule has 2 N–H and O–H groups in total. The van der Waals surface area contributed by atoms with E-state index in [-0.39, 0.29) is 12.0 Å². The minimum Gasteiger partial charge on any atom is -0.481 e. The Balaban J connectivity index is 2.25. The molecule has 0 aromatic carbocycles. The van der Waals surface area contributed by atoms with Crippen molar-refractivity contribution >= 4 is 5.97 Å². The van der Waals surface area contributed by atoms with E-state index in [1.165, 1.54) is 5.56 Å². The predicted molar refractivity (Wildman–Crippen MR) is 59.7 cm³/mol. The van der Waals surface area contributed by atoms with Gasteiger partial charge in [-0.15, -0.1) is 0 Å². The van der Waals surface area contributed by atoms with Gasteiger partial charge in [-0.3, -0.25) is 9.59 Å². The number of carboxylic acids is 1. The van der Waals surface area contributed by atoms with Gasteiger partial charge in [0.2, 0.25) is 0 Å². The van der Waals surface area contributed by atoms with E-state index in [0.717, 1.165) is 31.4 Å². The van der Waals surface area contributed by atoms with E-state index >= 15 is 0 Å². The highest BCUT2D eigenvalue weighted by Gasteiger charge is 2.13. The Kier molecular flexibility index (Phi) is 3.08. The van der Waals surface area contributed by atoms with Crippen molar-refractivity contribution in [1.29, 1.82) is 0 Å². The number of nitrogens with one attached hydrogen (secondary N) is 1. The summed E-state index contributed by atoms with van der Waals surface area (Å²) in [7, 11) is 0. The average molecular weight is 221 g/mol. The maximum absolute atomic E-state index is 11.7. The molecule has 1 heterocycles. The van der Waals surface area contributed by atoms with Crippen molar-refractivity contribution in [3.05, 3.63) is 33.2 Å². The number of aromatic amines is 1. The Morgan fingerprint density at radius 1 is 1.38 bits per heavy atom. The molecule has 1 aliphatic carbocycles. The Hall–Kier alpha value is -1.58. The molecule has 1 aromatic rings. The standard InChI is InChI=1S/C12H15NO3/c14-11(15)6-5-9-7-8-3-1-2-4-10(8)13-12(9)16/h7H,1-6H2,(H,13,16)(H,14,15). The van der Waals surface area contributed by atoms with E-state index in [4.69, 9.17) is 5.11 Å². The molecule has 0 amide bonds. The Morgan fingerprint density at radius 2 is 2.12 bits per heavy atom. The number of aliphatic carboxylic acids is 1. The van der Waals surface area contributed by atoms with Gasteiger partial charge in [-0.25, -0.2) is 0 Å². The van der Waals surface area contributed by atoms with Gasteiger partial charge in [0.15, 0.2) is 0 Å². The minimum atomic E-state index is -0.864. The summed E-state index contributed by atoms with van der Waals surface area (Å²) in [5, 5.41) is 8.59. The van der Waals surface area contributed by atoms with Crippen LogP contribution in [0.3, 0.4) is 0 Å². The molecule has 0 radical (unpaired) electrons. The molecule has 0 atom stereocenters.